The number of hydrogen-bond acceptors (Lipinski definition) is 4. The van der Waals surface area contributed by atoms with Crippen LogP contribution in [0.15, 0.2) is 24.3 Å². The molecule has 0 saturated carbocycles. The third kappa shape index (κ3) is 5.12. The van der Waals surface area contributed by atoms with Gasteiger partial charge < -0.3 is 16.2 Å². The molecule has 1 aromatic carbocycles. The summed E-state index contributed by atoms with van der Waals surface area (Å²) in [5, 5.41) is 13.0. The maximum atomic E-state index is 12.1. The van der Waals surface area contributed by atoms with Crippen LogP contribution in [-0.4, -0.2) is 41.1 Å². The van der Waals surface area contributed by atoms with Crippen LogP contribution in [0.5, 0.6) is 0 Å². The largest absolute Gasteiger partial charge is 0.390 e. The minimum absolute atomic E-state index is 0.0225. The van der Waals surface area contributed by atoms with E-state index in [1.54, 1.807) is 0 Å². The fourth-order valence-corrected chi connectivity index (χ4v) is 2.66. The Morgan fingerprint density at radius 1 is 1.43 bits per heavy atom. The molecule has 5 heteroatoms. The number of carbonyl (C=O) groups excluding carboxylic acids is 1. The molecule has 1 aromatic rings. The second kappa shape index (κ2) is 7.02. The first-order valence-corrected chi connectivity index (χ1v) is 7.52. The smallest absolute Gasteiger partial charge is 0.238 e. The molecule has 1 aliphatic heterocycles. The van der Waals surface area contributed by atoms with Crippen molar-refractivity contribution in [1.82, 2.24) is 4.90 Å². The zero-order valence-electron chi connectivity index (χ0n) is 12.6. The molecular formula is C16H25N3O2. The lowest BCUT2D eigenvalue weighted by atomic mass is 9.98. The fraction of sp³-hybridized carbons (Fsp3) is 0.562. The fourth-order valence-electron chi connectivity index (χ4n) is 2.66. The highest BCUT2D eigenvalue weighted by Crippen LogP contribution is 2.21. The van der Waals surface area contributed by atoms with E-state index in [4.69, 9.17) is 5.73 Å². The van der Waals surface area contributed by atoms with Crippen molar-refractivity contribution in [3.05, 3.63) is 29.8 Å². The number of nitrogens with one attached hydrogen (secondary N) is 1. The van der Waals surface area contributed by atoms with Crippen LogP contribution in [0.3, 0.4) is 0 Å². The normalized spacial score (nSPS) is 23.6. The Bertz CT molecular complexity index is 488. The molecule has 0 spiro atoms. The summed E-state index contributed by atoms with van der Waals surface area (Å²) in [6.45, 7) is 4.30. The molecule has 4 N–H and O–H groups in total. The lowest BCUT2D eigenvalue weighted by Crippen LogP contribution is -2.35. The van der Waals surface area contributed by atoms with E-state index in [0.717, 1.165) is 37.2 Å². The van der Waals surface area contributed by atoms with Crippen LogP contribution in [0.2, 0.25) is 0 Å². The van der Waals surface area contributed by atoms with Gasteiger partial charge in [0.15, 0.2) is 0 Å². The van der Waals surface area contributed by atoms with Gasteiger partial charge in [-0.1, -0.05) is 12.1 Å². The molecule has 0 aromatic heterocycles. The highest BCUT2D eigenvalue weighted by molar-refractivity contribution is 5.92. The van der Waals surface area contributed by atoms with Crippen molar-refractivity contribution in [2.24, 2.45) is 5.73 Å². The van der Waals surface area contributed by atoms with Gasteiger partial charge in [-0.25, -0.2) is 0 Å². The number of carbonyl (C=O) groups is 1. The van der Waals surface area contributed by atoms with Crippen LogP contribution in [0, 0.1) is 0 Å². The first-order valence-electron chi connectivity index (χ1n) is 7.52. The van der Waals surface area contributed by atoms with Gasteiger partial charge in [-0.15, -0.1) is 0 Å². The van der Waals surface area contributed by atoms with Crippen molar-refractivity contribution >= 4 is 11.6 Å². The van der Waals surface area contributed by atoms with E-state index in [0.29, 0.717) is 19.5 Å². The molecule has 2 rings (SSSR count). The number of benzene rings is 1. The molecule has 0 radical (unpaired) electrons. The molecule has 1 aliphatic rings. The quantitative estimate of drug-likeness (QED) is 0.782. The van der Waals surface area contributed by atoms with Gasteiger partial charge in [-0.3, -0.25) is 9.69 Å². The second-order valence-corrected chi connectivity index (χ2v) is 6.08. The van der Waals surface area contributed by atoms with Crippen LogP contribution in [0.1, 0.15) is 31.7 Å². The van der Waals surface area contributed by atoms with Crippen LogP contribution in [0.25, 0.3) is 0 Å². The van der Waals surface area contributed by atoms with E-state index < -0.39 is 5.60 Å². The average Bonchev–Trinajstić information content (AvgIpc) is 2.60. The molecule has 1 heterocycles. The maximum absolute atomic E-state index is 12.1. The van der Waals surface area contributed by atoms with Crippen LogP contribution < -0.4 is 11.1 Å². The lowest BCUT2D eigenvalue weighted by Gasteiger charge is -2.22. The molecular weight excluding hydrogens is 266 g/mol. The summed E-state index contributed by atoms with van der Waals surface area (Å²) >= 11 is 0. The zero-order chi connectivity index (χ0) is 15.3. The van der Waals surface area contributed by atoms with E-state index >= 15 is 0 Å². The number of nitrogens with zero attached hydrogens (tertiary/aromatic N) is 1. The molecule has 1 amide bonds. The third-order valence-corrected chi connectivity index (χ3v) is 3.97. The SMILES string of the molecule is CC1(O)CCCN(CC(=O)Nc2cccc(CN)c2)CC1. The number of amides is 1. The number of likely N-dealkylation sites (tertiary alicyclic amines) is 1. The zero-order valence-corrected chi connectivity index (χ0v) is 12.6. The number of aliphatic hydroxyl groups is 1. The van der Waals surface area contributed by atoms with Crippen molar-refractivity contribution in [3.8, 4) is 0 Å². The Hall–Kier alpha value is -1.43. The van der Waals surface area contributed by atoms with Gasteiger partial charge in [0.05, 0.1) is 12.1 Å². The van der Waals surface area contributed by atoms with Gasteiger partial charge in [-0.2, -0.15) is 0 Å². The van der Waals surface area contributed by atoms with Gasteiger partial charge in [-0.05, 0) is 50.4 Å². The summed E-state index contributed by atoms with van der Waals surface area (Å²) in [5.74, 6) is -0.0225. The Morgan fingerprint density at radius 3 is 3.00 bits per heavy atom. The van der Waals surface area contributed by atoms with E-state index in [1.807, 2.05) is 31.2 Å². The molecule has 1 saturated heterocycles. The topological polar surface area (TPSA) is 78.6 Å². The molecule has 116 valence electrons. The van der Waals surface area contributed by atoms with E-state index in [2.05, 4.69) is 10.2 Å². The van der Waals surface area contributed by atoms with E-state index in [9.17, 15) is 9.90 Å². The Kier molecular flexibility index (Phi) is 5.33. The standard InChI is InChI=1S/C16H25N3O2/c1-16(21)6-3-8-19(9-7-16)12-15(20)18-14-5-2-4-13(10-14)11-17/h2,4-5,10,21H,3,6-9,11-12,17H2,1H3,(H,18,20). The summed E-state index contributed by atoms with van der Waals surface area (Å²) < 4.78 is 0. The summed E-state index contributed by atoms with van der Waals surface area (Å²) in [5.41, 5.74) is 6.78. The molecule has 0 bridgehead atoms. The van der Waals surface area contributed by atoms with Gasteiger partial charge in [0.1, 0.15) is 0 Å². The molecule has 1 fully saturated rings. The average molecular weight is 291 g/mol. The number of rotatable bonds is 4. The summed E-state index contributed by atoms with van der Waals surface area (Å²) in [7, 11) is 0. The summed E-state index contributed by atoms with van der Waals surface area (Å²) in [4.78, 5) is 14.2. The predicted molar refractivity (Wildman–Crippen MR) is 83.9 cm³/mol. The molecule has 5 nitrogen and oxygen atoms in total. The number of hydrogen-bond donors (Lipinski definition) is 3. The van der Waals surface area contributed by atoms with Gasteiger partial charge in [0, 0.05) is 18.8 Å². The summed E-state index contributed by atoms with van der Waals surface area (Å²) in [6.07, 6.45) is 2.43. The van der Waals surface area contributed by atoms with Crippen molar-refractivity contribution in [1.29, 1.82) is 0 Å². The second-order valence-electron chi connectivity index (χ2n) is 6.08. The first kappa shape index (κ1) is 15.9. The number of nitrogens with two attached hydrogens (primary N) is 1. The van der Waals surface area contributed by atoms with Crippen molar-refractivity contribution in [2.45, 2.75) is 38.3 Å². The van der Waals surface area contributed by atoms with Crippen LogP contribution in [0.4, 0.5) is 5.69 Å². The summed E-state index contributed by atoms with van der Waals surface area (Å²) in [6, 6.07) is 7.59. The van der Waals surface area contributed by atoms with Crippen LogP contribution in [-0.2, 0) is 11.3 Å². The Morgan fingerprint density at radius 2 is 2.24 bits per heavy atom. The molecule has 1 atom stereocenters. The molecule has 1 unspecified atom stereocenters. The Balaban J connectivity index is 1.86. The lowest BCUT2D eigenvalue weighted by molar-refractivity contribution is -0.117. The van der Waals surface area contributed by atoms with E-state index in [1.165, 1.54) is 0 Å². The van der Waals surface area contributed by atoms with Crippen molar-refractivity contribution < 1.29 is 9.90 Å². The Labute approximate surface area is 126 Å². The molecule has 21 heavy (non-hydrogen) atoms. The minimum Gasteiger partial charge on any atom is -0.390 e. The monoisotopic (exact) mass is 291 g/mol. The highest BCUT2D eigenvalue weighted by Gasteiger charge is 2.25. The van der Waals surface area contributed by atoms with Crippen LogP contribution >= 0.6 is 0 Å². The highest BCUT2D eigenvalue weighted by atomic mass is 16.3. The number of anilines is 1. The van der Waals surface area contributed by atoms with Gasteiger partial charge in [0.2, 0.25) is 5.91 Å². The van der Waals surface area contributed by atoms with E-state index in [-0.39, 0.29) is 5.91 Å². The maximum Gasteiger partial charge on any atom is 0.238 e. The van der Waals surface area contributed by atoms with Gasteiger partial charge in [0.25, 0.3) is 0 Å². The van der Waals surface area contributed by atoms with Gasteiger partial charge >= 0.3 is 0 Å². The van der Waals surface area contributed by atoms with Crippen molar-refractivity contribution in [2.75, 3.05) is 25.0 Å². The molecule has 0 aliphatic carbocycles. The minimum atomic E-state index is -0.597. The third-order valence-electron chi connectivity index (χ3n) is 3.97. The van der Waals surface area contributed by atoms with Crippen molar-refractivity contribution in [3.63, 3.8) is 0 Å². The predicted octanol–water partition coefficient (Wildman–Crippen LogP) is 1.32. The first-order chi connectivity index (χ1) is 9.98.